The van der Waals surface area contributed by atoms with Gasteiger partial charge in [-0.15, -0.1) is 12.3 Å². The monoisotopic (exact) mass is 261 g/mol. The van der Waals surface area contributed by atoms with E-state index in [2.05, 4.69) is 16.6 Å². The molecule has 0 spiro atoms. The van der Waals surface area contributed by atoms with Crippen LogP contribution in [0.4, 0.5) is 11.4 Å². The summed E-state index contributed by atoms with van der Waals surface area (Å²) < 4.78 is 0. The van der Waals surface area contributed by atoms with Gasteiger partial charge in [0.15, 0.2) is 0 Å². The van der Waals surface area contributed by atoms with E-state index < -0.39 is 4.92 Å². The molecule has 0 aliphatic carbocycles. The number of nitro benzene ring substituents is 1. The molecule has 100 valence electrons. The third-order valence-electron chi connectivity index (χ3n) is 2.38. The van der Waals surface area contributed by atoms with Crippen LogP contribution < -0.4 is 10.6 Å². The SMILES string of the molecule is C#CCCNc1cc(C(=O)NCC)ccc1[N+](=O)[O-]. The number of carbonyl (C=O) groups is 1. The summed E-state index contributed by atoms with van der Waals surface area (Å²) in [6.07, 6.45) is 5.57. The van der Waals surface area contributed by atoms with E-state index in [1.165, 1.54) is 18.2 Å². The molecule has 0 heterocycles. The number of hydrogen-bond acceptors (Lipinski definition) is 4. The number of nitro groups is 1. The highest BCUT2D eigenvalue weighted by Crippen LogP contribution is 2.25. The lowest BCUT2D eigenvalue weighted by atomic mass is 10.1. The molecule has 0 saturated carbocycles. The molecule has 0 fully saturated rings. The number of terminal acetylenes is 1. The van der Waals surface area contributed by atoms with E-state index in [0.717, 1.165) is 0 Å². The molecule has 0 aliphatic heterocycles. The van der Waals surface area contributed by atoms with E-state index in [0.29, 0.717) is 30.8 Å². The summed E-state index contributed by atoms with van der Waals surface area (Å²) >= 11 is 0. The van der Waals surface area contributed by atoms with Crippen molar-refractivity contribution in [3.8, 4) is 12.3 Å². The van der Waals surface area contributed by atoms with Gasteiger partial charge in [-0.3, -0.25) is 14.9 Å². The molecule has 1 amide bonds. The summed E-state index contributed by atoms with van der Waals surface area (Å²) in [4.78, 5) is 22.1. The van der Waals surface area contributed by atoms with Crippen LogP contribution in [0.5, 0.6) is 0 Å². The van der Waals surface area contributed by atoms with Crippen molar-refractivity contribution in [1.82, 2.24) is 5.32 Å². The number of benzene rings is 1. The van der Waals surface area contributed by atoms with Crippen LogP contribution in [-0.4, -0.2) is 23.9 Å². The van der Waals surface area contributed by atoms with Gasteiger partial charge < -0.3 is 10.6 Å². The second-order valence-corrected chi connectivity index (χ2v) is 3.73. The molecule has 0 aliphatic rings. The maximum atomic E-state index is 11.7. The molecule has 19 heavy (non-hydrogen) atoms. The minimum absolute atomic E-state index is 0.0786. The van der Waals surface area contributed by atoms with Crippen LogP contribution in [0.15, 0.2) is 18.2 Å². The molecule has 6 nitrogen and oxygen atoms in total. The highest BCUT2D eigenvalue weighted by molar-refractivity contribution is 5.95. The zero-order valence-corrected chi connectivity index (χ0v) is 10.6. The lowest BCUT2D eigenvalue weighted by Crippen LogP contribution is -2.22. The zero-order chi connectivity index (χ0) is 14.3. The number of nitrogens with one attached hydrogen (secondary N) is 2. The molecular formula is C13H15N3O3. The second kappa shape index (κ2) is 7.01. The van der Waals surface area contributed by atoms with Gasteiger partial charge in [-0.25, -0.2) is 0 Å². The van der Waals surface area contributed by atoms with Gasteiger partial charge in [0.25, 0.3) is 11.6 Å². The number of carbonyl (C=O) groups excluding carboxylic acids is 1. The maximum Gasteiger partial charge on any atom is 0.292 e. The summed E-state index contributed by atoms with van der Waals surface area (Å²) in [5, 5.41) is 16.4. The van der Waals surface area contributed by atoms with Gasteiger partial charge in [-0.2, -0.15) is 0 Å². The normalized spacial score (nSPS) is 9.47. The summed E-state index contributed by atoms with van der Waals surface area (Å²) in [7, 11) is 0. The molecule has 1 aromatic carbocycles. The van der Waals surface area contributed by atoms with Crippen LogP contribution in [0.1, 0.15) is 23.7 Å². The molecule has 0 radical (unpaired) electrons. The van der Waals surface area contributed by atoms with Gasteiger partial charge in [0.05, 0.1) is 4.92 Å². The van der Waals surface area contributed by atoms with E-state index in [9.17, 15) is 14.9 Å². The summed E-state index contributed by atoms with van der Waals surface area (Å²) in [5.41, 5.74) is 0.588. The van der Waals surface area contributed by atoms with Gasteiger partial charge >= 0.3 is 0 Å². The first-order valence-electron chi connectivity index (χ1n) is 5.84. The Kier molecular flexibility index (Phi) is 5.35. The number of anilines is 1. The highest BCUT2D eigenvalue weighted by atomic mass is 16.6. The van der Waals surface area contributed by atoms with Crippen LogP contribution in [0.25, 0.3) is 0 Å². The van der Waals surface area contributed by atoms with Crippen molar-refractivity contribution in [2.45, 2.75) is 13.3 Å². The fourth-order valence-corrected chi connectivity index (χ4v) is 1.51. The first-order valence-corrected chi connectivity index (χ1v) is 5.84. The zero-order valence-electron chi connectivity index (χ0n) is 10.6. The molecule has 0 unspecified atom stereocenters. The molecule has 1 aromatic rings. The molecule has 0 bridgehead atoms. The summed E-state index contributed by atoms with van der Waals surface area (Å²) in [6, 6.07) is 4.19. The highest BCUT2D eigenvalue weighted by Gasteiger charge is 2.16. The predicted octanol–water partition coefficient (Wildman–Crippen LogP) is 1.78. The van der Waals surface area contributed by atoms with Crippen molar-refractivity contribution in [1.29, 1.82) is 0 Å². The molecule has 2 N–H and O–H groups in total. The average Bonchev–Trinajstić information content (AvgIpc) is 2.39. The van der Waals surface area contributed by atoms with E-state index in [-0.39, 0.29) is 11.6 Å². The van der Waals surface area contributed by atoms with Crippen LogP contribution >= 0.6 is 0 Å². The van der Waals surface area contributed by atoms with Gasteiger partial charge in [-0.05, 0) is 19.1 Å². The van der Waals surface area contributed by atoms with E-state index >= 15 is 0 Å². The lowest BCUT2D eigenvalue weighted by molar-refractivity contribution is -0.384. The Morgan fingerprint density at radius 3 is 2.84 bits per heavy atom. The van der Waals surface area contributed by atoms with Crippen molar-refractivity contribution in [2.75, 3.05) is 18.4 Å². The topological polar surface area (TPSA) is 84.3 Å². The van der Waals surface area contributed by atoms with Gasteiger partial charge in [0.2, 0.25) is 0 Å². The summed E-state index contributed by atoms with van der Waals surface area (Å²) in [5.74, 6) is 2.17. The molecular weight excluding hydrogens is 246 g/mol. The van der Waals surface area contributed by atoms with Crippen LogP contribution in [-0.2, 0) is 0 Å². The Balaban J connectivity index is 3.00. The Labute approximate surface area is 111 Å². The van der Waals surface area contributed by atoms with Gasteiger partial charge in [-0.1, -0.05) is 0 Å². The third kappa shape index (κ3) is 4.00. The smallest absolute Gasteiger partial charge is 0.292 e. The Hall–Kier alpha value is -2.55. The molecule has 6 heteroatoms. The van der Waals surface area contributed by atoms with Crippen LogP contribution in [0, 0.1) is 22.5 Å². The quantitative estimate of drug-likeness (QED) is 0.354. The van der Waals surface area contributed by atoms with Gasteiger partial charge in [0.1, 0.15) is 5.69 Å². The second-order valence-electron chi connectivity index (χ2n) is 3.73. The fourth-order valence-electron chi connectivity index (χ4n) is 1.51. The van der Waals surface area contributed by atoms with Gasteiger partial charge in [0, 0.05) is 31.1 Å². The number of nitrogens with zero attached hydrogens (tertiary/aromatic N) is 1. The Morgan fingerprint density at radius 1 is 1.53 bits per heavy atom. The molecule has 0 atom stereocenters. The number of hydrogen-bond donors (Lipinski definition) is 2. The fraction of sp³-hybridized carbons (Fsp3) is 0.308. The predicted molar refractivity (Wildman–Crippen MR) is 73.0 cm³/mol. The van der Waals surface area contributed by atoms with Crippen LogP contribution in [0.3, 0.4) is 0 Å². The van der Waals surface area contributed by atoms with Crippen molar-refractivity contribution in [2.24, 2.45) is 0 Å². The van der Waals surface area contributed by atoms with Crippen molar-refractivity contribution < 1.29 is 9.72 Å². The molecule has 1 rings (SSSR count). The first kappa shape index (κ1) is 14.5. The standard InChI is InChI=1S/C13H15N3O3/c1-3-5-8-15-11-9-10(13(17)14-4-2)6-7-12(11)16(18)19/h1,6-7,9,15H,4-5,8H2,2H3,(H,14,17). The van der Waals surface area contributed by atoms with E-state index in [4.69, 9.17) is 6.42 Å². The Bertz CT molecular complexity index is 520. The third-order valence-corrected chi connectivity index (χ3v) is 2.38. The number of rotatable bonds is 6. The Morgan fingerprint density at radius 2 is 2.26 bits per heavy atom. The van der Waals surface area contributed by atoms with Crippen molar-refractivity contribution >= 4 is 17.3 Å². The lowest BCUT2D eigenvalue weighted by Gasteiger charge is -2.08. The van der Waals surface area contributed by atoms with Crippen LogP contribution in [0.2, 0.25) is 0 Å². The number of amides is 1. The molecule has 0 aromatic heterocycles. The maximum absolute atomic E-state index is 11.7. The van der Waals surface area contributed by atoms with E-state index in [1.807, 2.05) is 0 Å². The minimum atomic E-state index is -0.500. The minimum Gasteiger partial charge on any atom is -0.379 e. The first-order chi connectivity index (χ1) is 9.10. The average molecular weight is 261 g/mol. The largest absolute Gasteiger partial charge is 0.379 e. The van der Waals surface area contributed by atoms with Crippen molar-refractivity contribution in [3.63, 3.8) is 0 Å². The van der Waals surface area contributed by atoms with E-state index in [1.54, 1.807) is 6.92 Å². The van der Waals surface area contributed by atoms with Crippen molar-refractivity contribution in [3.05, 3.63) is 33.9 Å². The molecule has 0 saturated heterocycles. The summed E-state index contributed by atoms with van der Waals surface area (Å²) in [6.45, 7) is 2.71.